The molecule has 1 atom stereocenters. The number of anilines is 1. The number of nitrogens with zero attached hydrogens (tertiary/aromatic N) is 1. The number of rotatable bonds is 3. The lowest BCUT2D eigenvalue weighted by Gasteiger charge is -2.14. The molecule has 1 N–H and O–H groups in total. The van der Waals surface area contributed by atoms with Gasteiger partial charge >= 0.3 is 6.18 Å². The number of hydrogen-bond acceptors (Lipinski definition) is 3. The molecule has 2 aromatic rings. The Morgan fingerprint density at radius 3 is 2.56 bits per heavy atom. The van der Waals surface area contributed by atoms with Crippen LogP contribution < -0.4 is 5.32 Å². The van der Waals surface area contributed by atoms with Crippen molar-refractivity contribution in [2.24, 2.45) is 0 Å². The highest BCUT2D eigenvalue weighted by Gasteiger charge is 2.30. The predicted molar refractivity (Wildman–Crippen MR) is 65.6 cm³/mol. The summed E-state index contributed by atoms with van der Waals surface area (Å²) in [5.41, 5.74) is 0.345. The minimum absolute atomic E-state index is 0.0143. The van der Waals surface area contributed by atoms with Crippen molar-refractivity contribution < 1.29 is 13.2 Å². The van der Waals surface area contributed by atoms with Gasteiger partial charge in [0.15, 0.2) is 0 Å². The van der Waals surface area contributed by atoms with E-state index in [4.69, 9.17) is 0 Å². The molecule has 2 nitrogen and oxygen atoms in total. The largest absolute Gasteiger partial charge is 0.417 e. The van der Waals surface area contributed by atoms with Crippen molar-refractivity contribution in [1.82, 2.24) is 4.98 Å². The standard InChI is InChI=1S/C12H11F3N2S/c1-8(9-4-5-18-7-9)17-11-3-2-10(6-16-11)12(13,14)15/h2-8H,1H3,(H,16,17). The van der Waals surface area contributed by atoms with E-state index in [1.165, 1.54) is 6.07 Å². The molecule has 18 heavy (non-hydrogen) atoms. The fraction of sp³-hybridized carbons (Fsp3) is 0.250. The van der Waals surface area contributed by atoms with Crippen molar-refractivity contribution in [1.29, 1.82) is 0 Å². The van der Waals surface area contributed by atoms with E-state index in [2.05, 4.69) is 10.3 Å². The molecule has 0 saturated carbocycles. The Labute approximate surface area is 106 Å². The maximum Gasteiger partial charge on any atom is 0.417 e. The van der Waals surface area contributed by atoms with Gasteiger partial charge < -0.3 is 5.32 Å². The normalized spacial score (nSPS) is 13.3. The molecule has 0 aliphatic heterocycles. The fourth-order valence-electron chi connectivity index (χ4n) is 1.47. The Morgan fingerprint density at radius 2 is 2.06 bits per heavy atom. The second kappa shape index (κ2) is 4.97. The number of thiophene rings is 1. The second-order valence-electron chi connectivity index (χ2n) is 3.85. The van der Waals surface area contributed by atoms with Crippen molar-refractivity contribution >= 4 is 17.2 Å². The zero-order valence-electron chi connectivity index (χ0n) is 9.53. The minimum Gasteiger partial charge on any atom is -0.364 e. The Hall–Kier alpha value is -1.56. The van der Waals surface area contributed by atoms with Crippen molar-refractivity contribution in [3.05, 3.63) is 46.3 Å². The smallest absolute Gasteiger partial charge is 0.364 e. The monoisotopic (exact) mass is 272 g/mol. The zero-order valence-corrected chi connectivity index (χ0v) is 10.3. The van der Waals surface area contributed by atoms with Crippen LogP contribution in [-0.4, -0.2) is 4.98 Å². The number of nitrogens with one attached hydrogen (secondary N) is 1. The van der Waals surface area contributed by atoms with Crippen LogP contribution in [0.1, 0.15) is 24.1 Å². The third kappa shape index (κ3) is 3.01. The molecule has 0 bridgehead atoms. The highest BCUT2D eigenvalue weighted by molar-refractivity contribution is 7.07. The second-order valence-corrected chi connectivity index (χ2v) is 4.63. The summed E-state index contributed by atoms with van der Waals surface area (Å²) < 4.78 is 37.0. The summed E-state index contributed by atoms with van der Waals surface area (Å²) >= 11 is 1.58. The van der Waals surface area contributed by atoms with Gasteiger partial charge in [-0.3, -0.25) is 0 Å². The molecule has 6 heteroatoms. The van der Waals surface area contributed by atoms with E-state index in [1.807, 2.05) is 23.8 Å². The summed E-state index contributed by atoms with van der Waals surface area (Å²) in [5, 5.41) is 6.99. The Morgan fingerprint density at radius 1 is 1.28 bits per heavy atom. The molecule has 2 aromatic heterocycles. The van der Waals surface area contributed by atoms with Crippen LogP contribution in [0.3, 0.4) is 0 Å². The molecule has 1 unspecified atom stereocenters. The van der Waals surface area contributed by atoms with E-state index in [9.17, 15) is 13.2 Å². The molecule has 0 fully saturated rings. The van der Waals surface area contributed by atoms with Gasteiger partial charge in [-0.1, -0.05) is 0 Å². The average Bonchev–Trinajstić information content (AvgIpc) is 2.82. The molecule has 0 spiro atoms. The van der Waals surface area contributed by atoms with Crippen molar-refractivity contribution in [2.45, 2.75) is 19.1 Å². The summed E-state index contributed by atoms with van der Waals surface area (Å²) in [5.74, 6) is 0.432. The molecule has 0 saturated heterocycles. The van der Waals surface area contributed by atoms with Crippen LogP contribution >= 0.6 is 11.3 Å². The van der Waals surface area contributed by atoms with Gasteiger partial charge in [0.05, 0.1) is 11.6 Å². The van der Waals surface area contributed by atoms with Gasteiger partial charge in [0.25, 0.3) is 0 Å². The van der Waals surface area contributed by atoms with Gasteiger partial charge in [-0.05, 0) is 41.4 Å². The number of hydrogen-bond donors (Lipinski definition) is 1. The minimum atomic E-state index is -4.34. The highest BCUT2D eigenvalue weighted by atomic mass is 32.1. The predicted octanol–water partition coefficient (Wildman–Crippen LogP) is 4.34. The van der Waals surface area contributed by atoms with Gasteiger partial charge in [-0.2, -0.15) is 24.5 Å². The number of alkyl halides is 3. The Kier molecular flexibility index (Phi) is 3.56. The first-order valence-electron chi connectivity index (χ1n) is 5.28. The molecule has 0 amide bonds. The summed E-state index contributed by atoms with van der Waals surface area (Å²) in [6.45, 7) is 1.93. The van der Waals surface area contributed by atoms with Crippen LogP contribution in [0.2, 0.25) is 0 Å². The topological polar surface area (TPSA) is 24.9 Å². The molecule has 0 aliphatic carbocycles. The molecule has 0 aromatic carbocycles. The molecule has 96 valence electrons. The van der Waals surface area contributed by atoms with E-state index < -0.39 is 11.7 Å². The van der Waals surface area contributed by atoms with E-state index in [-0.39, 0.29) is 6.04 Å². The van der Waals surface area contributed by atoms with Gasteiger partial charge in [-0.25, -0.2) is 4.98 Å². The zero-order chi connectivity index (χ0) is 13.2. The van der Waals surface area contributed by atoms with E-state index in [0.717, 1.165) is 17.8 Å². The van der Waals surface area contributed by atoms with E-state index >= 15 is 0 Å². The first-order valence-corrected chi connectivity index (χ1v) is 6.23. The fourth-order valence-corrected chi connectivity index (χ4v) is 2.23. The lowest BCUT2D eigenvalue weighted by molar-refractivity contribution is -0.137. The van der Waals surface area contributed by atoms with Gasteiger partial charge in [0.2, 0.25) is 0 Å². The quantitative estimate of drug-likeness (QED) is 0.899. The number of aromatic nitrogens is 1. The molecule has 0 radical (unpaired) electrons. The van der Waals surface area contributed by atoms with Crippen molar-refractivity contribution in [3.63, 3.8) is 0 Å². The maximum absolute atomic E-state index is 12.3. The molecule has 0 aliphatic rings. The maximum atomic E-state index is 12.3. The van der Waals surface area contributed by atoms with Gasteiger partial charge in [0, 0.05) is 6.20 Å². The SMILES string of the molecule is CC(Nc1ccc(C(F)(F)F)cn1)c1ccsc1. The highest BCUT2D eigenvalue weighted by Crippen LogP contribution is 2.29. The number of halogens is 3. The van der Waals surface area contributed by atoms with Crippen LogP contribution in [0, 0.1) is 0 Å². The first kappa shape index (κ1) is 12.9. The van der Waals surface area contributed by atoms with E-state index in [0.29, 0.717) is 5.82 Å². The van der Waals surface area contributed by atoms with Crippen molar-refractivity contribution in [3.8, 4) is 0 Å². The van der Waals surface area contributed by atoms with Crippen LogP contribution in [0.5, 0.6) is 0 Å². The summed E-state index contributed by atoms with van der Waals surface area (Å²) in [6, 6.07) is 4.34. The molecule has 2 heterocycles. The lowest BCUT2D eigenvalue weighted by atomic mass is 10.2. The Balaban J connectivity index is 2.07. The van der Waals surface area contributed by atoms with Crippen LogP contribution in [0.4, 0.5) is 19.0 Å². The Bertz CT molecular complexity index is 491. The van der Waals surface area contributed by atoms with Crippen LogP contribution in [0.15, 0.2) is 35.2 Å². The van der Waals surface area contributed by atoms with E-state index in [1.54, 1.807) is 11.3 Å². The van der Waals surface area contributed by atoms with Gasteiger partial charge in [-0.15, -0.1) is 0 Å². The summed E-state index contributed by atoms with van der Waals surface area (Å²) in [6.07, 6.45) is -3.51. The summed E-state index contributed by atoms with van der Waals surface area (Å²) in [7, 11) is 0. The molecular formula is C12H11F3N2S. The average molecular weight is 272 g/mol. The van der Waals surface area contributed by atoms with Gasteiger partial charge in [0.1, 0.15) is 5.82 Å². The molecule has 2 rings (SSSR count). The van der Waals surface area contributed by atoms with Crippen molar-refractivity contribution in [2.75, 3.05) is 5.32 Å². The lowest BCUT2D eigenvalue weighted by Crippen LogP contribution is -2.09. The third-order valence-electron chi connectivity index (χ3n) is 2.50. The van der Waals surface area contributed by atoms with Crippen LogP contribution in [-0.2, 0) is 6.18 Å². The van der Waals surface area contributed by atoms with Crippen LogP contribution in [0.25, 0.3) is 0 Å². The summed E-state index contributed by atoms with van der Waals surface area (Å²) in [4.78, 5) is 3.77. The molecular weight excluding hydrogens is 261 g/mol. The number of pyridine rings is 1. The first-order chi connectivity index (χ1) is 8.47. The third-order valence-corrected chi connectivity index (χ3v) is 3.20.